The van der Waals surface area contributed by atoms with Crippen molar-refractivity contribution >= 4 is 11.8 Å². The fourth-order valence-electron chi connectivity index (χ4n) is 2.82. The second-order valence-electron chi connectivity index (χ2n) is 6.44. The van der Waals surface area contributed by atoms with Gasteiger partial charge in [0.25, 0.3) is 0 Å². The first-order valence-corrected chi connectivity index (χ1v) is 8.40. The van der Waals surface area contributed by atoms with Gasteiger partial charge in [0.2, 0.25) is 11.8 Å². The van der Waals surface area contributed by atoms with E-state index in [1.165, 1.54) is 5.56 Å². The number of aryl methyl sites for hydroxylation is 2. The molecule has 23 heavy (non-hydrogen) atoms. The Morgan fingerprint density at radius 1 is 1.09 bits per heavy atom. The van der Waals surface area contributed by atoms with Crippen molar-refractivity contribution in [3.8, 4) is 0 Å². The van der Waals surface area contributed by atoms with E-state index in [-0.39, 0.29) is 30.4 Å². The van der Waals surface area contributed by atoms with E-state index in [1.807, 2.05) is 31.2 Å². The molecule has 1 aliphatic carbocycles. The van der Waals surface area contributed by atoms with Gasteiger partial charge in [0.1, 0.15) is 0 Å². The van der Waals surface area contributed by atoms with Crippen LogP contribution in [0.25, 0.3) is 0 Å². The highest BCUT2D eigenvalue weighted by atomic mass is 16.2. The average Bonchev–Trinajstić information content (AvgIpc) is 2.54. The van der Waals surface area contributed by atoms with Crippen LogP contribution in [-0.2, 0) is 16.0 Å². The van der Waals surface area contributed by atoms with Crippen molar-refractivity contribution in [2.24, 2.45) is 5.73 Å². The Morgan fingerprint density at radius 2 is 1.74 bits per heavy atom. The molecule has 2 rings (SSSR count). The van der Waals surface area contributed by atoms with Gasteiger partial charge in [-0.1, -0.05) is 29.8 Å². The van der Waals surface area contributed by atoms with Crippen molar-refractivity contribution in [1.29, 1.82) is 0 Å². The molecule has 0 spiro atoms. The number of benzene rings is 1. The molecule has 1 fully saturated rings. The maximum Gasteiger partial charge on any atom is 0.239 e. The van der Waals surface area contributed by atoms with Gasteiger partial charge in [-0.05, 0) is 44.6 Å². The van der Waals surface area contributed by atoms with Crippen LogP contribution < -0.4 is 16.4 Å². The third-order valence-corrected chi connectivity index (χ3v) is 4.34. The number of nitrogens with one attached hydrogen (secondary N) is 2. The molecule has 1 saturated carbocycles. The van der Waals surface area contributed by atoms with Crippen molar-refractivity contribution < 1.29 is 9.59 Å². The fourth-order valence-corrected chi connectivity index (χ4v) is 2.82. The van der Waals surface area contributed by atoms with Gasteiger partial charge < -0.3 is 16.4 Å². The average molecular weight is 317 g/mol. The van der Waals surface area contributed by atoms with Gasteiger partial charge in [-0.2, -0.15) is 0 Å². The SMILES string of the molecule is Cc1ccc(CCC(=O)NCC(=O)NC2CCC(N)CC2)cc1. The van der Waals surface area contributed by atoms with Gasteiger partial charge in [0, 0.05) is 18.5 Å². The predicted molar refractivity (Wildman–Crippen MR) is 90.9 cm³/mol. The largest absolute Gasteiger partial charge is 0.352 e. The van der Waals surface area contributed by atoms with Crippen LogP contribution in [-0.4, -0.2) is 30.4 Å². The summed E-state index contributed by atoms with van der Waals surface area (Å²) in [5.74, 6) is -0.208. The number of nitrogens with two attached hydrogens (primary N) is 1. The number of hydrogen-bond donors (Lipinski definition) is 3. The zero-order valence-corrected chi connectivity index (χ0v) is 13.8. The van der Waals surface area contributed by atoms with Crippen LogP contribution in [0.2, 0.25) is 0 Å². The molecule has 1 aromatic carbocycles. The summed E-state index contributed by atoms with van der Waals surface area (Å²) in [4.78, 5) is 23.7. The number of amides is 2. The Morgan fingerprint density at radius 3 is 2.39 bits per heavy atom. The van der Waals surface area contributed by atoms with Crippen LogP contribution in [0.15, 0.2) is 24.3 Å². The number of carbonyl (C=O) groups excluding carboxylic acids is 2. The van der Waals surface area contributed by atoms with E-state index >= 15 is 0 Å². The lowest BCUT2D eigenvalue weighted by Gasteiger charge is -2.26. The van der Waals surface area contributed by atoms with Crippen molar-refractivity contribution in [2.75, 3.05) is 6.54 Å². The summed E-state index contributed by atoms with van der Waals surface area (Å²) in [5.41, 5.74) is 8.19. The lowest BCUT2D eigenvalue weighted by atomic mass is 9.92. The molecule has 0 heterocycles. The van der Waals surface area contributed by atoms with Gasteiger partial charge in [-0.25, -0.2) is 0 Å². The Bertz CT molecular complexity index is 520. The lowest BCUT2D eigenvalue weighted by molar-refractivity contribution is -0.126. The van der Waals surface area contributed by atoms with E-state index in [0.717, 1.165) is 31.2 Å². The van der Waals surface area contributed by atoms with Crippen molar-refractivity contribution in [1.82, 2.24) is 10.6 Å². The molecule has 0 bridgehead atoms. The minimum Gasteiger partial charge on any atom is -0.352 e. The minimum absolute atomic E-state index is 0.0509. The second kappa shape index (κ2) is 8.67. The summed E-state index contributed by atoms with van der Waals surface area (Å²) < 4.78 is 0. The van der Waals surface area contributed by atoms with Gasteiger partial charge in [0.05, 0.1) is 6.54 Å². The van der Waals surface area contributed by atoms with Gasteiger partial charge in [-0.3, -0.25) is 9.59 Å². The molecule has 0 radical (unpaired) electrons. The molecular weight excluding hydrogens is 290 g/mol. The van der Waals surface area contributed by atoms with Crippen LogP contribution in [0.4, 0.5) is 0 Å². The van der Waals surface area contributed by atoms with E-state index in [4.69, 9.17) is 5.73 Å². The quantitative estimate of drug-likeness (QED) is 0.742. The summed E-state index contributed by atoms with van der Waals surface area (Å²) in [7, 11) is 0. The molecule has 0 atom stereocenters. The Hall–Kier alpha value is -1.88. The number of hydrogen-bond acceptors (Lipinski definition) is 3. The molecule has 5 heteroatoms. The molecule has 0 saturated heterocycles. The standard InChI is InChI=1S/C18H27N3O2/c1-13-2-4-14(5-3-13)6-11-17(22)20-12-18(23)21-16-9-7-15(19)8-10-16/h2-5,15-16H,6-12,19H2,1H3,(H,20,22)(H,21,23). The Labute approximate surface area is 138 Å². The first-order chi connectivity index (χ1) is 11.0. The van der Waals surface area contributed by atoms with Crippen LogP contribution in [0.1, 0.15) is 43.2 Å². The highest BCUT2D eigenvalue weighted by molar-refractivity contribution is 5.84. The summed E-state index contributed by atoms with van der Waals surface area (Å²) in [6.45, 7) is 2.09. The van der Waals surface area contributed by atoms with E-state index in [1.54, 1.807) is 0 Å². The topological polar surface area (TPSA) is 84.2 Å². The van der Waals surface area contributed by atoms with Crippen molar-refractivity contribution in [3.63, 3.8) is 0 Å². The summed E-state index contributed by atoms with van der Waals surface area (Å²) in [6.07, 6.45) is 4.84. The molecule has 0 aromatic heterocycles. The van der Waals surface area contributed by atoms with E-state index in [9.17, 15) is 9.59 Å². The van der Waals surface area contributed by atoms with Crippen molar-refractivity contribution in [2.45, 2.75) is 57.5 Å². The van der Waals surface area contributed by atoms with Crippen LogP contribution in [0, 0.1) is 6.92 Å². The third kappa shape index (κ3) is 6.40. The molecule has 1 aromatic rings. The first-order valence-electron chi connectivity index (χ1n) is 8.40. The lowest BCUT2D eigenvalue weighted by Crippen LogP contribution is -2.44. The molecule has 0 unspecified atom stereocenters. The van der Waals surface area contributed by atoms with E-state index < -0.39 is 0 Å². The van der Waals surface area contributed by atoms with Crippen LogP contribution >= 0.6 is 0 Å². The molecule has 0 aliphatic heterocycles. The zero-order chi connectivity index (χ0) is 16.7. The summed E-state index contributed by atoms with van der Waals surface area (Å²) in [6, 6.07) is 8.61. The normalized spacial score (nSPS) is 20.8. The Kier molecular flexibility index (Phi) is 6.59. The number of rotatable bonds is 6. The first kappa shape index (κ1) is 17.5. The third-order valence-electron chi connectivity index (χ3n) is 4.34. The minimum atomic E-state index is -0.117. The summed E-state index contributed by atoms with van der Waals surface area (Å²) >= 11 is 0. The molecule has 4 N–H and O–H groups in total. The fraction of sp³-hybridized carbons (Fsp3) is 0.556. The molecule has 1 aliphatic rings. The molecule has 5 nitrogen and oxygen atoms in total. The van der Waals surface area contributed by atoms with Gasteiger partial charge >= 0.3 is 0 Å². The maximum atomic E-state index is 11.9. The maximum absolute atomic E-state index is 11.9. The smallest absolute Gasteiger partial charge is 0.239 e. The van der Waals surface area contributed by atoms with Crippen molar-refractivity contribution in [3.05, 3.63) is 35.4 Å². The molecule has 2 amide bonds. The zero-order valence-electron chi connectivity index (χ0n) is 13.8. The van der Waals surface area contributed by atoms with E-state index in [2.05, 4.69) is 10.6 Å². The van der Waals surface area contributed by atoms with Crippen LogP contribution in [0.5, 0.6) is 0 Å². The van der Waals surface area contributed by atoms with E-state index in [0.29, 0.717) is 12.8 Å². The van der Waals surface area contributed by atoms with Gasteiger partial charge in [0.15, 0.2) is 0 Å². The second-order valence-corrected chi connectivity index (χ2v) is 6.44. The predicted octanol–water partition coefficient (Wildman–Crippen LogP) is 1.43. The number of carbonyl (C=O) groups is 2. The molecule has 126 valence electrons. The summed E-state index contributed by atoms with van der Waals surface area (Å²) in [5, 5.41) is 5.65. The highest BCUT2D eigenvalue weighted by Crippen LogP contribution is 2.16. The highest BCUT2D eigenvalue weighted by Gasteiger charge is 2.19. The molecular formula is C18H27N3O2. The van der Waals surface area contributed by atoms with Gasteiger partial charge in [-0.15, -0.1) is 0 Å². The Balaban J connectivity index is 1.61. The monoisotopic (exact) mass is 317 g/mol. The van der Waals surface area contributed by atoms with Crippen LogP contribution in [0.3, 0.4) is 0 Å².